The molecular weight excluding hydrogens is 342 g/mol. The predicted octanol–water partition coefficient (Wildman–Crippen LogP) is 3.68. The highest BCUT2D eigenvalue weighted by Crippen LogP contribution is 2.35. The highest BCUT2D eigenvalue weighted by molar-refractivity contribution is 6.30. The van der Waals surface area contributed by atoms with E-state index in [4.69, 9.17) is 16.0 Å². The Bertz CT molecular complexity index is 1150. The minimum atomic E-state index is -0.640. The van der Waals surface area contributed by atoms with Crippen LogP contribution in [0.4, 0.5) is 0 Å². The fourth-order valence-corrected chi connectivity index (χ4v) is 2.88. The van der Waals surface area contributed by atoms with Crippen LogP contribution in [0.5, 0.6) is 5.75 Å². The fraction of sp³-hybridized carbons (Fsp3) is 0.0556. The first-order valence-corrected chi connectivity index (χ1v) is 7.85. The summed E-state index contributed by atoms with van der Waals surface area (Å²) in [4.78, 5) is 21.2. The fourth-order valence-electron chi connectivity index (χ4n) is 2.75. The first-order valence-electron chi connectivity index (χ1n) is 7.47. The summed E-state index contributed by atoms with van der Waals surface area (Å²) in [6.07, 6.45) is 3.33. The zero-order valence-electron chi connectivity index (χ0n) is 13.1. The van der Waals surface area contributed by atoms with Gasteiger partial charge >= 0.3 is 5.63 Å². The quantitative estimate of drug-likeness (QED) is 0.594. The van der Waals surface area contributed by atoms with Crippen LogP contribution in [0.25, 0.3) is 28.3 Å². The summed E-state index contributed by atoms with van der Waals surface area (Å²) in [5.41, 5.74) is 1.05. The molecule has 0 unspecified atom stereocenters. The van der Waals surface area contributed by atoms with Crippen molar-refractivity contribution in [2.24, 2.45) is 0 Å². The zero-order valence-corrected chi connectivity index (χ0v) is 13.9. The lowest BCUT2D eigenvalue weighted by Crippen LogP contribution is -2.06. The number of aromatic nitrogens is 3. The van der Waals surface area contributed by atoms with E-state index in [-0.39, 0.29) is 11.3 Å². The molecule has 124 valence electrons. The molecule has 0 fully saturated rings. The van der Waals surface area contributed by atoms with Gasteiger partial charge in [0.15, 0.2) is 0 Å². The number of nitrogens with zero attached hydrogens (tertiary/aromatic N) is 3. The van der Waals surface area contributed by atoms with Crippen molar-refractivity contribution < 1.29 is 9.52 Å². The molecule has 1 N–H and O–H groups in total. The van der Waals surface area contributed by atoms with Gasteiger partial charge in [0, 0.05) is 29.0 Å². The maximum Gasteiger partial charge on any atom is 0.349 e. The van der Waals surface area contributed by atoms with E-state index in [0.29, 0.717) is 27.9 Å². The molecule has 0 saturated heterocycles. The van der Waals surface area contributed by atoms with Crippen molar-refractivity contribution in [1.82, 2.24) is 14.4 Å². The molecule has 0 spiro atoms. The Morgan fingerprint density at radius 1 is 1.24 bits per heavy atom. The summed E-state index contributed by atoms with van der Waals surface area (Å²) >= 11 is 5.96. The Labute approximate surface area is 147 Å². The number of imidazole rings is 1. The van der Waals surface area contributed by atoms with Crippen LogP contribution in [-0.2, 0) is 0 Å². The van der Waals surface area contributed by atoms with E-state index in [2.05, 4.69) is 9.97 Å². The van der Waals surface area contributed by atoms with Crippen LogP contribution in [0.2, 0.25) is 5.02 Å². The Morgan fingerprint density at radius 3 is 2.72 bits per heavy atom. The van der Waals surface area contributed by atoms with Gasteiger partial charge < -0.3 is 9.52 Å². The van der Waals surface area contributed by atoms with Gasteiger partial charge in [0.25, 0.3) is 0 Å². The summed E-state index contributed by atoms with van der Waals surface area (Å²) in [5.74, 6) is 0.558. The molecular formula is C18H12ClN3O3. The zero-order chi connectivity index (χ0) is 17.6. The predicted molar refractivity (Wildman–Crippen MR) is 93.8 cm³/mol. The van der Waals surface area contributed by atoms with E-state index >= 15 is 0 Å². The molecule has 3 heterocycles. The Hall–Kier alpha value is -3.12. The Balaban J connectivity index is 2.11. The van der Waals surface area contributed by atoms with Gasteiger partial charge in [0.2, 0.25) is 5.78 Å². The van der Waals surface area contributed by atoms with Gasteiger partial charge in [0.1, 0.15) is 17.1 Å². The van der Waals surface area contributed by atoms with Crippen LogP contribution >= 0.6 is 11.6 Å². The molecule has 0 saturated carbocycles. The van der Waals surface area contributed by atoms with E-state index in [1.54, 1.807) is 54.0 Å². The summed E-state index contributed by atoms with van der Waals surface area (Å²) in [6.45, 7) is 1.60. The minimum absolute atomic E-state index is 0.0380. The van der Waals surface area contributed by atoms with Crippen molar-refractivity contribution >= 4 is 17.4 Å². The number of aromatic hydroxyl groups is 1. The van der Waals surface area contributed by atoms with E-state index in [0.717, 1.165) is 5.56 Å². The van der Waals surface area contributed by atoms with Gasteiger partial charge in [0.05, 0.1) is 11.4 Å². The molecule has 1 aromatic carbocycles. The van der Waals surface area contributed by atoms with Crippen molar-refractivity contribution in [3.8, 4) is 28.3 Å². The smallest absolute Gasteiger partial charge is 0.349 e. The monoisotopic (exact) mass is 353 g/mol. The maximum absolute atomic E-state index is 12.4. The molecule has 0 aliphatic heterocycles. The lowest BCUT2D eigenvalue weighted by molar-refractivity contribution is 0.438. The molecule has 0 aliphatic carbocycles. The molecule has 0 radical (unpaired) electrons. The number of benzene rings is 1. The van der Waals surface area contributed by atoms with Crippen LogP contribution < -0.4 is 5.63 Å². The van der Waals surface area contributed by atoms with Crippen molar-refractivity contribution in [1.29, 1.82) is 0 Å². The minimum Gasteiger partial charge on any atom is -0.507 e. The van der Waals surface area contributed by atoms with Crippen molar-refractivity contribution in [2.45, 2.75) is 6.92 Å². The van der Waals surface area contributed by atoms with Crippen LogP contribution in [0.1, 0.15) is 5.76 Å². The molecule has 7 heteroatoms. The number of fused-ring (bicyclic) bond motifs is 1. The summed E-state index contributed by atoms with van der Waals surface area (Å²) < 4.78 is 6.82. The van der Waals surface area contributed by atoms with Crippen LogP contribution in [-0.4, -0.2) is 19.5 Å². The lowest BCUT2D eigenvalue weighted by Gasteiger charge is -2.07. The average Bonchev–Trinajstić information content (AvgIpc) is 2.94. The van der Waals surface area contributed by atoms with Gasteiger partial charge in [-0.15, -0.1) is 0 Å². The Morgan fingerprint density at radius 2 is 2.00 bits per heavy atom. The third-order valence-electron chi connectivity index (χ3n) is 3.81. The van der Waals surface area contributed by atoms with E-state index in [9.17, 15) is 9.90 Å². The second kappa shape index (κ2) is 5.75. The molecule has 0 amide bonds. The SMILES string of the molecule is Cc1cc(O)c(-c2c(-c3ccc(Cl)cc3)nc3ncccn23)c(=O)o1. The molecule has 6 nitrogen and oxygen atoms in total. The highest BCUT2D eigenvalue weighted by atomic mass is 35.5. The summed E-state index contributed by atoms with van der Waals surface area (Å²) in [7, 11) is 0. The van der Waals surface area contributed by atoms with E-state index in [1.165, 1.54) is 6.07 Å². The molecule has 0 aliphatic rings. The van der Waals surface area contributed by atoms with Crippen LogP contribution in [0, 0.1) is 6.92 Å². The van der Waals surface area contributed by atoms with Gasteiger partial charge in [-0.2, -0.15) is 0 Å². The van der Waals surface area contributed by atoms with Gasteiger partial charge in [-0.25, -0.2) is 14.8 Å². The summed E-state index contributed by atoms with van der Waals surface area (Å²) in [5, 5.41) is 11.0. The number of hydrogen-bond donors (Lipinski definition) is 1. The second-order valence-electron chi connectivity index (χ2n) is 5.51. The molecule has 25 heavy (non-hydrogen) atoms. The normalized spacial score (nSPS) is 11.1. The van der Waals surface area contributed by atoms with E-state index < -0.39 is 5.63 Å². The standard InChI is InChI=1S/C18H12ClN3O3/c1-10-9-13(23)14(17(24)25-10)16-15(11-3-5-12(19)6-4-11)21-18-20-7-2-8-22(16)18/h2-9,23H,1H3. The average molecular weight is 354 g/mol. The first kappa shape index (κ1) is 15.4. The van der Waals surface area contributed by atoms with Gasteiger partial charge in [-0.1, -0.05) is 23.7 Å². The lowest BCUT2D eigenvalue weighted by atomic mass is 10.1. The Kier molecular flexibility index (Phi) is 3.54. The van der Waals surface area contributed by atoms with Crippen molar-refractivity contribution in [3.05, 3.63) is 70.0 Å². The molecule has 4 rings (SSSR count). The number of halogens is 1. The topological polar surface area (TPSA) is 80.6 Å². The third kappa shape index (κ3) is 2.56. The molecule has 3 aromatic heterocycles. The second-order valence-corrected chi connectivity index (χ2v) is 5.95. The first-order chi connectivity index (χ1) is 12.0. The van der Waals surface area contributed by atoms with Crippen LogP contribution in [0.3, 0.4) is 0 Å². The van der Waals surface area contributed by atoms with Gasteiger partial charge in [-0.3, -0.25) is 4.40 Å². The summed E-state index contributed by atoms with van der Waals surface area (Å²) in [6, 6.07) is 10.2. The number of aryl methyl sites for hydroxylation is 1. The molecule has 0 bridgehead atoms. The molecule has 4 aromatic rings. The largest absolute Gasteiger partial charge is 0.507 e. The maximum atomic E-state index is 12.4. The molecule has 0 atom stereocenters. The number of hydrogen-bond acceptors (Lipinski definition) is 5. The third-order valence-corrected chi connectivity index (χ3v) is 4.06. The van der Waals surface area contributed by atoms with Gasteiger partial charge in [-0.05, 0) is 25.1 Å². The highest BCUT2D eigenvalue weighted by Gasteiger charge is 2.23. The van der Waals surface area contributed by atoms with E-state index in [1.807, 2.05) is 0 Å². The number of rotatable bonds is 2. The van der Waals surface area contributed by atoms with Crippen molar-refractivity contribution in [3.63, 3.8) is 0 Å². The van der Waals surface area contributed by atoms with Crippen molar-refractivity contribution in [2.75, 3.05) is 0 Å². The van der Waals surface area contributed by atoms with Crippen LogP contribution in [0.15, 0.2) is 58.0 Å².